The molecule has 5 heteroatoms. The van der Waals surface area contributed by atoms with Gasteiger partial charge in [0.15, 0.2) is 0 Å². The average molecular weight is 229 g/mol. The molecular formula is C10H16NO3P. The summed E-state index contributed by atoms with van der Waals surface area (Å²) in [7, 11) is -3.99. The molecule has 0 aliphatic rings. The summed E-state index contributed by atoms with van der Waals surface area (Å²) in [6, 6.07) is 7.27. The molecule has 0 aliphatic carbocycles. The lowest BCUT2D eigenvalue weighted by Gasteiger charge is -2.12. The Kier molecular flexibility index (Phi) is 4.05. The number of aryl methyl sites for hydroxylation is 1. The summed E-state index contributed by atoms with van der Waals surface area (Å²) < 4.78 is 10.7. The third kappa shape index (κ3) is 5.09. The fraction of sp³-hybridized carbons (Fsp3) is 0.400. The highest BCUT2D eigenvalue weighted by Gasteiger charge is 2.18. The van der Waals surface area contributed by atoms with Gasteiger partial charge in [-0.3, -0.25) is 4.57 Å². The van der Waals surface area contributed by atoms with Gasteiger partial charge in [0.05, 0.1) is 6.16 Å². The van der Waals surface area contributed by atoms with Crippen LogP contribution in [0.3, 0.4) is 0 Å². The first-order chi connectivity index (χ1) is 6.87. The molecular weight excluding hydrogens is 213 g/mol. The number of rotatable bonds is 4. The van der Waals surface area contributed by atoms with Crippen LogP contribution in [0.4, 0.5) is 0 Å². The normalized spacial score (nSPS) is 13.9. The summed E-state index contributed by atoms with van der Waals surface area (Å²) in [4.78, 5) is 17.5. The quantitative estimate of drug-likeness (QED) is 0.673. The van der Waals surface area contributed by atoms with Crippen LogP contribution >= 0.6 is 7.60 Å². The molecule has 84 valence electrons. The molecule has 0 aliphatic heterocycles. The third-order valence-corrected chi connectivity index (χ3v) is 3.04. The zero-order valence-corrected chi connectivity index (χ0v) is 9.52. The highest BCUT2D eigenvalue weighted by Crippen LogP contribution is 2.34. The van der Waals surface area contributed by atoms with Gasteiger partial charge in [0, 0.05) is 6.04 Å². The second-order valence-electron chi connectivity index (χ2n) is 3.80. The maximum Gasteiger partial charge on any atom is 0.327 e. The van der Waals surface area contributed by atoms with Crippen LogP contribution < -0.4 is 5.73 Å². The fourth-order valence-electron chi connectivity index (χ4n) is 1.40. The molecule has 0 amide bonds. The lowest BCUT2D eigenvalue weighted by Crippen LogP contribution is -2.27. The van der Waals surface area contributed by atoms with E-state index in [9.17, 15) is 4.57 Å². The molecule has 0 heterocycles. The largest absolute Gasteiger partial charge is 0.327 e. The van der Waals surface area contributed by atoms with Crippen molar-refractivity contribution in [3.05, 3.63) is 35.4 Å². The van der Waals surface area contributed by atoms with Crippen LogP contribution in [0.25, 0.3) is 0 Å². The zero-order valence-electron chi connectivity index (χ0n) is 8.63. The zero-order chi connectivity index (χ0) is 11.5. The predicted molar refractivity (Wildman–Crippen MR) is 59.8 cm³/mol. The average Bonchev–Trinajstić information content (AvgIpc) is 2.05. The van der Waals surface area contributed by atoms with Crippen molar-refractivity contribution in [2.75, 3.05) is 6.16 Å². The number of hydrogen-bond acceptors (Lipinski definition) is 2. The van der Waals surface area contributed by atoms with Crippen molar-refractivity contribution in [3.63, 3.8) is 0 Å². The van der Waals surface area contributed by atoms with Gasteiger partial charge in [-0.25, -0.2) is 0 Å². The molecule has 1 aromatic rings. The lowest BCUT2D eigenvalue weighted by molar-refractivity contribution is 0.368. The van der Waals surface area contributed by atoms with Crippen LogP contribution in [0.2, 0.25) is 0 Å². The Morgan fingerprint density at radius 3 is 2.33 bits per heavy atom. The molecule has 0 bridgehead atoms. The van der Waals surface area contributed by atoms with Gasteiger partial charge in [-0.05, 0) is 18.9 Å². The van der Waals surface area contributed by atoms with Crippen LogP contribution in [-0.2, 0) is 11.0 Å². The maximum absolute atomic E-state index is 10.7. The minimum Gasteiger partial charge on any atom is -0.327 e. The molecule has 0 saturated carbocycles. The van der Waals surface area contributed by atoms with Crippen LogP contribution in [0, 0.1) is 6.92 Å². The highest BCUT2D eigenvalue weighted by atomic mass is 31.2. The summed E-state index contributed by atoms with van der Waals surface area (Å²) in [6.07, 6.45) is 0.228. The SMILES string of the molecule is Cc1ccc(CC(N)CP(=O)(O)O)cc1. The predicted octanol–water partition coefficient (Wildman–Crippen LogP) is 1.04. The third-order valence-electron chi connectivity index (χ3n) is 2.09. The maximum atomic E-state index is 10.7. The first kappa shape index (κ1) is 12.4. The second kappa shape index (κ2) is 4.90. The van der Waals surface area contributed by atoms with Gasteiger partial charge in [-0.1, -0.05) is 29.8 Å². The van der Waals surface area contributed by atoms with E-state index in [-0.39, 0.29) is 6.16 Å². The molecule has 0 aromatic heterocycles. The monoisotopic (exact) mass is 229 g/mol. The first-order valence-electron chi connectivity index (χ1n) is 4.72. The number of nitrogens with two attached hydrogens (primary N) is 1. The highest BCUT2D eigenvalue weighted by molar-refractivity contribution is 7.51. The van der Waals surface area contributed by atoms with Crippen molar-refractivity contribution in [2.24, 2.45) is 5.73 Å². The molecule has 0 saturated heterocycles. The van der Waals surface area contributed by atoms with Gasteiger partial charge in [0.25, 0.3) is 0 Å². The van der Waals surface area contributed by atoms with E-state index in [4.69, 9.17) is 15.5 Å². The molecule has 4 nitrogen and oxygen atoms in total. The van der Waals surface area contributed by atoms with Gasteiger partial charge in [0.2, 0.25) is 0 Å². The Bertz CT molecular complexity index is 357. The minimum atomic E-state index is -3.99. The van der Waals surface area contributed by atoms with Gasteiger partial charge < -0.3 is 15.5 Å². The minimum absolute atomic E-state index is 0.263. The summed E-state index contributed by atoms with van der Waals surface area (Å²) in [5, 5.41) is 0. The van der Waals surface area contributed by atoms with Crippen molar-refractivity contribution in [1.82, 2.24) is 0 Å². The van der Waals surface area contributed by atoms with E-state index in [1.807, 2.05) is 31.2 Å². The van der Waals surface area contributed by atoms with Crippen molar-refractivity contribution in [1.29, 1.82) is 0 Å². The topological polar surface area (TPSA) is 83.6 Å². The van der Waals surface area contributed by atoms with Gasteiger partial charge in [0.1, 0.15) is 0 Å². The molecule has 0 spiro atoms. The Balaban J connectivity index is 2.55. The Labute approximate surface area is 89.3 Å². The fourth-order valence-corrected chi connectivity index (χ4v) is 2.14. The van der Waals surface area contributed by atoms with Gasteiger partial charge >= 0.3 is 7.60 Å². The van der Waals surface area contributed by atoms with E-state index in [1.54, 1.807) is 0 Å². The van der Waals surface area contributed by atoms with Crippen molar-refractivity contribution in [2.45, 2.75) is 19.4 Å². The Morgan fingerprint density at radius 1 is 1.33 bits per heavy atom. The molecule has 1 unspecified atom stereocenters. The Hall–Kier alpha value is -0.670. The molecule has 15 heavy (non-hydrogen) atoms. The van der Waals surface area contributed by atoms with E-state index in [2.05, 4.69) is 0 Å². The van der Waals surface area contributed by atoms with E-state index in [0.717, 1.165) is 11.1 Å². The molecule has 4 N–H and O–H groups in total. The first-order valence-corrected chi connectivity index (χ1v) is 6.52. The van der Waals surface area contributed by atoms with Gasteiger partial charge in [-0.15, -0.1) is 0 Å². The summed E-state index contributed by atoms with van der Waals surface area (Å²) in [5.74, 6) is 0. The smallest absolute Gasteiger partial charge is 0.327 e. The van der Waals surface area contributed by atoms with E-state index in [1.165, 1.54) is 0 Å². The van der Waals surface area contributed by atoms with Crippen LogP contribution in [-0.4, -0.2) is 22.0 Å². The van der Waals surface area contributed by atoms with E-state index >= 15 is 0 Å². The van der Waals surface area contributed by atoms with Crippen LogP contribution in [0.1, 0.15) is 11.1 Å². The molecule has 1 rings (SSSR count). The van der Waals surface area contributed by atoms with Crippen molar-refractivity contribution in [3.8, 4) is 0 Å². The standard InChI is InChI=1S/C10H16NO3P/c1-8-2-4-9(5-3-8)6-10(11)7-15(12,13)14/h2-5,10H,6-7,11H2,1H3,(H2,12,13,14). The van der Waals surface area contributed by atoms with Gasteiger partial charge in [-0.2, -0.15) is 0 Å². The second-order valence-corrected chi connectivity index (χ2v) is 5.49. The van der Waals surface area contributed by atoms with Crippen molar-refractivity contribution >= 4 is 7.60 Å². The van der Waals surface area contributed by atoms with E-state index < -0.39 is 13.6 Å². The molecule has 0 radical (unpaired) electrons. The summed E-state index contributed by atoms with van der Waals surface area (Å²) >= 11 is 0. The number of hydrogen-bond donors (Lipinski definition) is 3. The number of benzene rings is 1. The molecule has 0 fully saturated rings. The van der Waals surface area contributed by atoms with Crippen LogP contribution in [0.15, 0.2) is 24.3 Å². The molecule has 1 atom stereocenters. The van der Waals surface area contributed by atoms with Crippen LogP contribution in [0.5, 0.6) is 0 Å². The summed E-state index contributed by atoms with van der Waals surface area (Å²) in [5.41, 5.74) is 7.79. The summed E-state index contributed by atoms with van der Waals surface area (Å²) in [6.45, 7) is 1.99. The van der Waals surface area contributed by atoms with E-state index in [0.29, 0.717) is 6.42 Å². The lowest BCUT2D eigenvalue weighted by atomic mass is 10.1. The van der Waals surface area contributed by atoms with Crippen molar-refractivity contribution < 1.29 is 14.4 Å². The molecule has 1 aromatic carbocycles. The Morgan fingerprint density at radius 2 is 1.87 bits per heavy atom.